The number of halogens is 1. The van der Waals surface area contributed by atoms with Gasteiger partial charge in [0.05, 0.1) is 19.3 Å². The molecule has 0 N–H and O–H groups in total. The summed E-state index contributed by atoms with van der Waals surface area (Å²) in [6.45, 7) is 5.67. The normalized spacial score (nSPS) is 24.8. The van der Waals surface area contributed by atoms with Crippen molar-refractivity contribution in [1.82, 2.24) is 9.97 Å². The van der Waals surface area contributed by atoms with E-state index in [1.807, 2.05) is 13.8 Å². The van der Waals surface area contributed by atoms with Crippen molar-refractivity contribution >= 4 is 17.4 Å². The smallest absolute Gasteiger partial charge is 0.319 e. The first-order valence-corrected chi connectivity index (χ1v) is 5.95. The summed E-state index contributed by atoms with van der Waals surface area (Å²) < 4.78 is 10.7. The lowest BCUT2D eigenvalue weighted by Crippen LogP contribution is -2.45. The van der Waals surface area contributed by atoms with Gasteiger partial charge in [-0.3, -0.25) is 0 Å². The third-order valence-corrected chi connectivity index (χ3v) is 2.78. The molecule has 1 aromatic rings. The Morgan fingerprint density at radius 2 is 2.00 bits per heavy atom. The molecule has 2 rings (SSSR count). The molecule has 5 nitrogen and oxygen atoms in total. The molecule has 1 fully saturated rings. The van der Waals surface area contributed by atoms with Crippen LogP contribution in [-0.2, 0) is 4.74 Å². The molecule has 2 heterocycles. The fraction of sp³-hybridized carbons (Fsp3) is 0.636. The molecule has 6 heteroatoms. The predicted octanol–water partition coefficient (Wildman–Crippen LogP) is 1.75. The number of nitrogens with zero attached hydrogens (tertiary/aromatic N) is 3. The van der Waals surface area contributed by atoms with Crippen LogP contribution in [0.4, 0.5) is 5.82 Å². The first-order valence-electron chi connectivity index (χ1n) is 5.57. The Labute approximate surface area is 106 Å². The maximum atomic E-state index is 5.93. The number of rotatable bonds is 2. The zero-order valence-electron chi connectivity index (χ0n) is 10.2. The largest absolute Gasteiger partial charge is 0.467 e. The van der Waals surface area contributed by atoms with Gasteiger partial charge in [0.25, 0.3) is 0 Å². The van der Waals surface area contributed by atoms with Gasteiger partial charge < -0.3 is 14.4 Å². The molecule has 1 aliphatic rings. The summed E-state index contributed by atoms with van der Waals surface area (Å²) in [5, 5.41) is 0.388. The molecule has 2 unspecified atom stereocenters. The molecule has 0 aliphatic carbocycles. The fourth-order valence-electron chi connectivity index (χ4n) is 2.00. The Bertz CT molecular complexity index is 392. The Hall–Kier alpha value is -1.07. The van der Waals surface area contributed by atoms with E-state index in [-0.39, 0.29) is 12.2 Å². The summed E-state index contributed by atoms with van der Waals surface area (Å²) >= 11 is 5.93. The minimum Gasteiger partial charge on any atom is -0.467 e. The maximum absolute atomic E-state index is 5.93. The van der Waals surface area contributed by atoms with Crippen LogP contribution in [0.3, 0.4) is 0 Å². The van der Waals surface area contributed by atoms with Gasteiger partial charge in [-0.2, -0.15) is 9.97 Å². The van der Waals surface area contributed by atoms with E-state index in [0.29, 0.717) is 11.2 Å². The maximum Gasteiger partial charge on any atom is 0.319 e. The molecule has 0 saturated carbocycles. The molecule has 1 saturated heterocycles. The summed E-state index contributed by atoms with van der Waals surface area (Å²) in [6, 6.07) is 2.04. The van der Waals surface area contributed by atoms with E-state index >= 15 is 0 Å². The predicted molar refractivity (Wildman–Crippen MR) is 65.8 cm³/mol. The number of anilines is 1. The van der Waals surface area contributed by atoms with Gasteiger partial charge in [0, 0.05) is 19.2 Å². The zero-order valence-corrected chi connectivity index (χ0v) is 10.9. The molecule has 17 heavy (non-hydrogen) atoms. The molecule has 0 radical (unpaired) electrons. The molecule has 0 bridgehead atoms. The van der Waals surface area contributed by atoms with Crippen molar-refractivity contribution in [1.29, 1.82) is 0 Å². The van der Waals surface area contributed by atoms with Gasteiger partial charge in [0.15, 0.2) is 0 Å². The van der Waals surface area contributed by atoms with Crippen LogP contribution in [0, 0.1) is 0 Å². The van der Waals surface area contributed by atoms with Crippen LogP contribution in [-0.4, -0.2) is 42.4 Å². The lowest BCUT2D eigenvalue weighted by atomic mass is 10.2. The Morgan fingerprint density at radius 1 is 1.35 bits per heavy atom. The molecule has 0 spiro atoms. The van der Waals surface area contributed by atoms with Crippen molar-refractivity contribution in [3.63, 3.8) is 0 Å². The highest BCUT2D eigenvalue weighted by molar-refractivity contribution is 6.29. The van der Waals surface area contributed by atoms with Gasteiger partial charge in [-0.1, -0.05) is 11.6 Å². The molecular formula is C11H16ClN3O2. The van der Waals surface area contributed by atoms with Crippen molar-refractivity contribution < 1.29 is 9.47 Å². The average molecular weight is 258 g/mol. The van der Waals surface area contributed by atoms with Crippen LogP contribution in [0.2, 0.25) is 5.15 Å². The summed E-state index contributed by atoms with van der Waals surface area (Å²) in [5.74, 6) is 0.781. The fourth-order valence-corrected chi connectivity index (χ4v) is 2.17. The molecule has 1 aromatic heterocycles. The second-order valence-corrected chi connectivity index (χ2v) is 4.59. The van der Waals surface area contributed by atoms with Crippen LogP contribution < -0.4 is 9.64 Å². The number of ether oxygens (including phenoxy) is 2. The second kappa shape index (κ2) is 5.06. The molecule has 0 amide bonds. The van der Waals surface area contributed by atoms with E-state index in [4.69, 9.17) is 21.1 Å². The highest BCUT2D eigenvalue weighted by atomic mass is 35.5. The highest BCUT2D eigenvalue weighted by Crippen LogP contribution is 2.22. The summed E-state index contributed by atoms with van der Waals surface area (Å²) in [4.78, 5) is 10.4. The monoisotopic (exact) mass is 257 g/mol. The topological polar surface area (TPSA) is 47.5 Å². The number of hydrogen-bond donors (Lipinski definition) is 0. The van der Waals surface area contributed by atoms with Crippen molar-refractivity contribution in [2.45, 2.75) is 26.1 Å². The van der Waals surface area contributed by atoms with Crippen molar-refractivity contribution in [3.8, 4) is 6.01 Å². The van der Waals surface area contributed by atoms with Gasteiger partial charge in [0.2, 0.25) is 0 Å². The molecule has 1 aliphatic heterocycles. The minimum absolute atomic E-state index is 0.179. The third kappa shape index (κ3) is 2.98. The lowest BCUT2D eigenvalue weighted by molar-refractivity contribution is -0.00549. The van der Waals surface area contributed by atoms with Gasteiger partial charge in [-0.15, -0.1) is 0 Å². The standard InChI is InChI=1S/C11H16ClN3O2/c1-7-5-15(6-8(2)17-7)10-4-9(12)13-11(14-10)16-3/h4,7-8H,5-6H2,1-3H3. The summed E-state index contributed by atoms with van der Waals surface area (Å²) in [6.07, 6.45) is 0.358. The van der Waals surface area contributed by atoms with Crippen LogP contribution in [0.25, 0.3) is 0 Å². The molecule has 0 aromatic carbocycles. The zero-order chi connectivity index (χ0) is 12.4. The lowest BCUT2D eigenvalue weighted by Gasteiger charge is -2.36. The number of morpholine rings is 1. The SMILES string of the molecule is COc1nc(Cl)cc(N2CC(C)OC(C)C2)n1. The van der Waals surface area contributed by atoms with Gasteiger partial charge in [-0.05, 0) is 13.8 Å². The van der Waals surface area contributed by atoms with E-state index in [0.717, 1.165) is 18.9 Å². The van der Waals surface area contributed by atoms with E-state index in [1.165, 1.54) is 7.11 Å². The minimum atomic E-state index is 0.179. The summed E-state index contributed by atoms with van der Waals surface area (Å²) in [7, 11) is 1.53. The second-order valence-electron chi connectivity index (χ2n) is 4.20. The van der Waals surface area contributed by atoms with Crippen LogP contribution in [0.15, 0.2) is 6.07 Å². The molecule has 2 atom stereocenters. The van der Waals surface area contributed by atoms with Crippen molar-refractivity contribution in [3.05, 3.63) is 11.2 Å². The van der Waals surface area contributed by atoms with E-state index in [2.05, 4.69) is 14.9 Å². The third-order valence-electron chi connectivity index (χ3n) is 2.59. The average Bonchev–Trinajstić information content (AvgIpc) is 2.26. The Morgan fingerprint density at radius 3 is 2.59 bits per heavy atom. The number of aromatic nitrogens is 2. The van der Waals surface area contributed by atoms with Crippen molar-refractivity contribution in [2.24, 2.45) is 0 Å². The summed E-state index contributed by atoms with van der Waals surface area (Å²) in [5.41, 5.74) is 0. The van der Waals surface area contributed by atoms with Gasteiger partial charge in [-0.25, -0.2) is 0 Å². The quantitative estimate of drug-likeness (QED) is 0.756. The van der Waals surface area contributed by atoms with E-state index in [1.54, 1.807) is 6.07 Å². The molecular weight excluding hydrogens is 242 g/mol. The molecule has 94 valence electrons. The van der Waals surface area contributed by atoms with Gasteiger partial charge >= 0.3 is 6.01 Å². The van der Waals surface area contributed by atoms with E-state index < -0.39 is 0 Å². The van der Waals surface area contributed by atoms with Gasteiger partial charge in [0.1, 0.15) is 11.0 Å². The highest BCUT2D eigenvalue weighted by Gasteiger charge is 2.23. The Kier molecular flexibility index (Phi) is 3.69. The number of methoxy groups -OCH3 is 1. The van der Waals surface area contributed by atoms with Crippen LogP contribution >= 0.6 is 11.6 Å². The van der Waals surface area contributed by atoms with Crippen LogP contribution in [0.1, 0.15) is 13.8 Å². The first-order chi connectivity index (χ1) is 8.08. The first kappa shape index (κ1) is 12.4. The van der Waals surface area contributed by atoms with E-state index in [9.17, 15) is 0 Å². The van der Waals surface area contributed by atoms with Crippen molar-refractivity contribution in [2.75, 3.05) is 25.1 Å². The number of hydrogen-bond acceptors (Lipinski definition) is 5. The Balaban J connectivity index is 2.23. The van der Waals surface area contributed by atoms with Crippen LogP contribution in [0.5, 0.6) is 6.01 Å².